The quantitative estimate of drug-likeness (QED) is 0.702. The van der Waals surface area contributed by atoms with Crippen LogP contribution >= 0.6 is 0 Å². The number of anilines is 1. The monoisotopic (exact) mass is 364 g/mol. The van der Waals surface area contributed by atoms with Crippen molar-refractivity contribution in [2.75, 3.05) is 11.9 Å². The summed E-state index contributed by atoms with van der Waals surface area (Å²) in [6, 6.07) is 7.89. The van der Waals surface area contributed by atoms with Crippen molar-refractivity contribution >= 4 is 11.9 Å². The van der Waals surface area contributed by atoms with E-state index in [1.165, 1.54) is 12.4 Å². The number of aryl methyl sites for hydroxylation is 1. The second-order valence-corrected chi connectivity index (χ2v) is 6.40. The van der Waals surface area contributed by atoms with Gasteiger partial charge in [-0.2, -0.15) is 5.10 Å². The number of para-hydroxylation sites is 1. The van der Waals surface area contributed by atoms with Gasteiger partial charge in [0.15, 0.2) is 0 Å². The summed E-state index contributed by atoms with van der Waals surface area (Å²) in [5.41, 5.74) is 4.57. The second-order valence-electron chi connectivity index (χ2n) is 6.40. The summed E-state index contributed by atoms with van der Waals surface area (Å²) in [6.45, 7) is 8.69. The number of rotatable bonds is 6. The maximum absolute atomic E-state index is 12.5. The summed E-state index contributed by atoms with van der Waals surface area (Å²) in [5.74, 6) is 0.297. The van der Waals surface area contributed by atoms with Crippen LogP contribution in [0.3, 0.4) is 0 Å². The number of aromatic nitrogens is 4. The van der Waals surface area contributed by atoms with Gasteiger partial charge in [-0.15, -0.1) is 0 Å². The minimum Gasteiger partial charge on any atom is -0.355 e. The molecule has 0 unspecified atom stereocenters. The summed E-state index contributed by atoms with van der Waals surface area (Å²) in [7, 11) is 0. The van der Waals surface area contributed by atoms with Gasteiger partial charge in [-0.3, -0.25) is 4.79 Å². The first-order chi connectivity index (χ1) is 13.0. The molecule has 3 rings (SSSR count). The molecular formula is C20H24N6O. The largest absolute Gasteiger partial charge is 0.355 e. The molecule has 0 aliphatic carbocycles. The number of nitrogens with zero attached hydrogens (tertiary/aromatic N) is 4. The molecule has 0 radical (unpaired) electrons. The van der Waals surface area contributed by atoms with Crippen molar-refractivity contribution in [1.82, 2.24) is 25.1 Å². The van der Waals surface area contributed by atoms with Gasteiger partial charge in [-0.25, -0.2) is 14.6 Å². The van der Waals surface area contributed by atoms with Crippen LogP contribution in [0.2, 0.25) is 0 Å². The zero-order chi connectivity index (χ0) is 19.4. The van der Waals surface area contributed by atoms with E-state index < -0.39 is 0 Å². The molecule has 0 aliphatic rings. The van der Waals surface area contributed by atoms with Crippen molar-refractivity contribution in [1.29, 1.82) is 0 Å². The van der Waals surface area contributed by atoms with E-state index in [4.69, 9.17) is 0 Å². The fraction of sp³-hybridized carbons (Fsp3) is 0.300. The molecule has 0 saturated carbocycles. The first-order valence-electron chi connectivity index (χ1n) is 8.98. The maximum Gasteiger partial charge on any atom is 0.254 e. The van der Waals surface area contributed by atoms with Crippen molar-refractivity contribution in [3.63, 3.8) is 0 Å². The smallest absolute Gasteiger partial charge is 0.254 e. The molecule has 140 valence electrons. The molecule has 1 aromatic carbocycles. The average molecular weight is 364 g/mol. The topological polar surface area (TPSA) is 84.7 Å². The van der Waals surface area contributed by atoms with Gasteiger partial charge < -0.3 is 10.6 Å². The van der Waals surface area contributed by atoms with E-state index in [1.54, 1.807) is 6.20 Å². The molecule has 7 heteroatoms. The Morgan fingerprint density at radius 1 is 1.15 bits per heavy atom. The highest BCUT2D eigenvalue weighted by atomic mass is 16.1. The van der Waals surface area contributed by atoms with Crippen LogP contribution < -0.4 is 10.6 Å². The molecule has 2 N–H and O–H groups in total. The molecule has 7 nitrogen and oxygen atoms in total. The Balaban J connectivity index is 1.75. The molecule has 0 saturated heterocycles. The third-order valence-electron chi connectivity index (χ3n) is 4.45. The third kappa shape index (κ3) is 3.97. The first-order valence-corrected chi connectivity index (χ1v) is 8.98. The normalized spacial score (nSPS) is 11.9. The summed E-state index contributed by atoms with van der Waals surface area (Å²) in [4.78, 5) is 20.8. The lowest BCUT2D eigenvalue weighted by atomic mass is 10.1. The highest BCUT2D eigenvalue weighted by Gasteiger charge is 2.18. The Morgan fingerprint density at radius 3 is 2.52 bits per heavy atom. The van der Waals surface area contributed by atoms with E-state index in [9.17, 15) is 4.79 Å². The number of nitrogens with one attached hydrogen (secondary N) is 2. The molecule has 0 bridgehead atoms. The lowest BCUT2D eigenvalue weighted by molar-refractivity contribution is 0.0939. The van der Waals surface area contributed by atoms with Crippen LogP contribution in [-0.4, -0.2) is 32.2 Å². The van der Waals surface area contributed by atoms with E-state index in [0.717, 1.165) is 29.1 Å². The molecule has 2 aromatic heterocycles. The summed E-state index contributed by atoms with van der Waals surface area (Å²) < 4.78 is 1.90. The standard InChI is InChI=1S/C20H24N6O/c1-5-21-20-22-10-16(11-23-20)19(27)25-14(3)17-12-24-26(15(17)4)18-9-7-6-8-13(18)2/h6-12,14H,5H2,1-4H3,(H,25,27)(H,21,22,23)/t14-/m0/s1. The first kappa shape index (κ1) is 18.6. The molecule has 3 aromatic rings. The zero-order valence-corrected chi connectivity index (χ0v) is 16.0. The number of amides is 1. The Labute approximate surface area is 158 Å². The number of hydrogen-bond donors (Lipinski definition) is 2. The van der Waals surface area contributed by atoms with Gasteiger partial charge in [-0.1, -0.05) is 18.2 Å². The Bertz CT molecular complexity index is 932. The fourth-order valence-electron chi connectivity index (χ4n) is 2.94. The van der Waals surface area contributed by atoms with Crippen LogP contribution in [0.25, 0.3) is 5.69 Å². The molecule has 0 aliphatic heterocycles. The van der Waals surface area contributed by atoms with Crippen LogP contribution in [0, 0.1) is 13.8 Å². The van der Waals surface area contributed by atoms with Gasteiger partial charge in [0.25, 0.3) is 5.91 Å². The minimum atomic E-state index is -0.214. The van der Waals surface area contributed by atoms with E-state index in [0.29, 0.717) is 11.5 Å². The molecular weight excluding hydrogens is 340 g/mol. The Morgan fingerprint density at radius 2 is 1.85 bits per heavy atom. The molecule has 2 heterocycles. The molecule has 0 fully saturated rings. The number of hydrogen-bond acceptors (Lipinski definition) is 5. The lowest BCUT2D eigenvalue weighted by Gasteiger charge is -2.14. The molecule has 0 spiro atoms. The van der Waals surface area contributed by atoms with Crippen LogP contribution in [0.1, 0.15) is 47.1 Å². The van der Waals surface area contributed by atoms with Crippen molar-refractivity contribution in [3.05, 3.63) is 65.2 Å². The van der Waals surface area contributed by atoms with Gasteiger partial charge in [0.1, 0.15) is 0 Å². The van der Waals surface area contributed by atoms with Gasteiger partial charge in [0, 0.05) is 30.2 Å². The van der Waals surface area contributed by atoms with E-state index in [2.05, 4.69) is 38.7 Å². The summed E-state index contributed by atoms with van der Waals surface area (Å²) in [5, 5.41) is 10.5. The van der Waals surface area contributed by atoms with Crippen molar-refractivity contribution in [2.45, 2.75) is 33.7 Å². The van der Waals surface area contributed by atoms with Gasteiger partial charge in [0.05, 0.1) is 23.5 Å². The van der Waals surface area contributed by atoms with Crippen LogP contribution in [0.15, 0.2) is 42.9 Å². The highest BCUT2D eigenvalue weighted by Crippen LogP contribution is 2.22. The fourth-order valence-corrected chi connectivity index (χ4v) is 2.94. The second kappa shape index (κ2) is 7.99. The Hall–Kier alpha value is -3.22. The molecule has 27 heavy (non-hydrogen) atoms. The lowest BCUT2D eigenvalue weighted by Crippen LogP contribution is -2.27. The number of benzene rings is 1. The molecule has 1 atom stereocenters. The third-order valence-corrected chi connectivity index (χ3v) is 4.45. The number of carbonyl (C=O) groups is 1. The molecule has 1 amide bonds. The van der Waals surface area contributed by atoms with Crippen molar-refractivity contribution in [3.8, 4) is 5.69 Å². The summed E-state index contributed by atoms with van der Waals surface area (Å²) in [6.07, 6.45) is 4.85. The summed E-state index contributed by atoms with van der Waals surface area (Å²) >= 11 is 0. The maximum atomic E-state index is 12.5. The predicted molar refractivity (Wildman–Crippen MR) is 105 cm³/mol. The van der Waals surface area contributed by atoms with Gasteiger partial charge >= 0.3 is 0 Å². The Kier molecular flexibility index (Phi) is 5.49. The van der Waals surface area contributed by atoms with Crippen molar-refractivity contribution in [2.24, 2.45) is 0 Å². The van der Waals surface area contributed by atoms with E-state index >= 15 is 0 Å². The highest BCUT2D eigenvalue weighted by molar-refractivity contribution is 5.93. The number of carbonyl (C=O) groups excluding carboxylic acids is 1. The van der Waals surface area contributed by atoms with E-state index in [1.807, 2.05) is 43.7 Å². The zero-order valence-electron chi connectivity index (χ0n) is 16.0. The SMILES string of the molecule is CCNc1ncc(C(=O)N[C@@H](C)c2cnn(-c3ccccc3C)c2C)cn1. The van der Waals surface area contributed by atoms with Gasteiger partial charge in [-0.05, 0) is 39.3 Å². The predicted octanol–water partition coefficient (Wildman–Crippen LogP) is 3.20. The van der Waals surface area contributed by atoms with Crippen LogP contribution in [0.4, 0.5) is 5.95 Å². The van der Waals surface area contributed by atoms with Crippen LogP contribution in [0.5, 0.6) is 0 Å². The average Bonchev–Trinajstić information content (AvgIpc) is 3.04. The van der Waals surface area contributed by atoms with Crippen LogP contribution in [-0.2, 0) is 0 Å². The van der Waals surface area contributed by atoms with Gasteiger partial charge in [0.2, 0.25) is 5.95 Å². The van der Waals surface area contributed by atoms with E-state index in [-0.39, 0.29) is 11.9 Å². The minimum absolute atomic E-state index is 0.191. The van der Waals surface area contributed by atoms with Crippen molar-refractivity contribution < 1.29 is 4.79 Å².